The number of nitrogens with one attached hydrogen (secondary N) is 1. The number of hydrogen-bond donors (Lipinski definition) is 2. The van der Waals surface area contributed by atoms with E-state index >= 15 is 0 Å². The molecule has 2 aliphatic heterocycles. The molecule has 1 aliphatic carbocycles. The number of hydrogen-bond acceptors (Lipinski definition) is 5. The van der Waals surface area contributed by atoms with Crippen molar-refractivity contribution in [3.8, 4) is 11.5 Å². The van der Waals surface area contributed by atoms with Gasteiger partial charge in [-0.1, -0.05) is 18.2 Å². The third kappa shape index (κ3) is 4.37. The molecule has 0 spiro atoms. The SMILES string of the molecule is O=C(O)c1ccc(C[C@@H]2C[C@@H](NC(=O)C3(c4ccc5c(c4)OC(F)(F)O5)CC3)CCO2)cc1. The highest BCUT2D eigenvalue weighted by Gasteiger charge is 2.53. The zero-order chi connectivity index (χ0) is 23.2. The Balaban J connectivity index is 1.21. The summed E-state index contributed by atoms with van der Waals surface area (Å²) in [7, 11) is 0. The lowest BCUT2D eigenvalue weighted by Crippen LogP contribution is -2.46. The van der Waals surface area contributed by atoms with Gasteiger partial charge in [0.25, 0.3) is 0 Å². The monoisotopic (exact) mass is 459 g/mol. The van der Waals surface area contributed by atoms with Crippen LogP contribution < -0.4 is 14.8 Å². The first-order valence-electron chi connectivity index (χ1n) is 10.9. The minimum absolute atomic E-state index is 0.0383. The smallest absolute Gasteiger partial charge is 0.478 e. The average molecular weight is 459 g/mol. The molecule has 7 nitrogen and oxygen atoms in total. The summed E-state index contributed by atoms with van der Waals surface area (Å²) >= 11 is 0. The van der Waals surface area contributed by atoms with Gasteiger partial charge in [-0.3, -0.25) is 4.79 Å². The number of amides is 1. The highest BCUT2D eigenvalue weighted by molar-refractivity contribution is 5.91. The van der Waals surface area contributed by atoms with E-state index in [-0.39, 0.29) is 35.1 Å². The molecule has 2 aromatic rings. The summed E-state index contributed by atoms with van der Waals surface area (Å²) in [5.74, 6) is -1.19. The van der Waals surface area contributed by atoms with Gasteiger partial charge in [-0.15, -0.1) is 8.78 Å². The van der Waals surface area contributed by atoms with Crippen molar-refractivity contribution in [2.45, 2.75) is 56.0 Å². The standard InChI is InChI=1S/C24H23F2NO6/c25-24(26)32-19-6-5-16(12-20(19)33-24)23(8-9-23)22(30)27-17-7-10-31-18(13-17)11-14-1-3-15(4-2-14)21(28)29/h1-6,12,17-18H,7-11,13H2,(H,27,30)(H,28,29)/t17-,18+/m0/s1. The van der Waals surface area contributed by atoms with Crippen LogP contribution in [-0.2, 0) is 21.4 Å². The third-order valence-corrected chi connectivity index (χ3v) is 6.51. The number of rotatable bonds is 6. The second-order valence-corrected chi connectivity index (χ2v) is 8.80. The lowest BCUT2D eigenvalue weighted by atomic mass is 9.92. The van der Waals surface area contributed by atoms with Crippen LogP contribution in [0.3, 0.4) is 0 Å². The molecular weight excluding hydrogens is 436 g/mol. The normalized spacial score (nSPS) is 24.2. The molecule has 2 aromatic carbocycles. The van der Waals surface area contributed by atoms with Crippen molar-refractivity contribution >= 4 is 11.9 Å². The number of fused-ring (bicyclic) bond motifs is 1. The summed E-state index contributed by atoms with van der Waals surface area (Å²) in [4.78, 5) is 24.2. The van der Waals surface area contributed by atoms with Crippen LogP contribution >= 0.6 is 0 Å². The fourth-order valence-electron chi connectivity index (χ4n) is 4.54. The van der Waals surface area contributed by atoms with E-state index in [1.165, 1.54) is 12.1 Å². The van der Waals surface area contributed by atoms with Gasteiger partial charge in [0.15, 0.2) is 11.5 Å². The van der Waals surface area contributed by atoms with Crippen LogP contribution in [0.1, 0.15) is 47.2 Å². The third-order valence-electron chi connectivity index (χ3n) is 6.51. The van der Waals surface area contributed by atoms with Crippen LogP contribution in [-0.4, -0.2) is 42.0 Å². The van der Waals surface area contributed by atoms with Gasteiger partial charge >= 0.3 is 12.3 Å². The van der Waals surface area contributed by atoms with Crippen molar-refractivity contribution in [3.63, 3.8) is 0 Å². The predicted molar refractivity (Wildman–Crippen MR) is 112 cm³/mol. The van der Waals surface area contributed by atoms with E-state index in [0.717, 1.165) is 5.56 Å². The molecule has 0 aromatic heterocycles. The predicted octanol–water partition coefficient (Wildman–Crippen LogP) is 3.64. The maximum Gasteiger partial charge on any atom is 0.586 e. The summed E-state index contributed by atoms with van der Waals surface area (Å²) in [6, 6.07) is 11.1. The number of ether oxygens (including phenoxy) is 3. The van der Waals surface area contributed by atoms with Gasteiger partial charge in [-0.05, 0) is 67.5 Å². The highest BCUT2D eigenvalue weighted by atomic mass is 19.3. The molecule has 9 heteroatoms. The average Bonchev–Trinajstić information content (AvgIpc) is 3.51. The lowest BCUT2D eigenvalue weighted by Gasteiger charge is -2.31. The number of carbonyl (C=O) groups excluding carboxylic acids is 1. The van der Waals surface area contributed by atoms with Crippen molar-refractivity contribution in [1.29, 1.82) is 0 Å². The molecule has 1 amide bonds. The van der Waals surface area contributed by atoms with Crippen molar-refractivity contribution in [1.82, 2.24) is 5.32 Å². The van der Waals surface area contributed by atoms with E-state index in [1.807, 2.05) is 0 Å². The van der Waals surface area contributed by atoms with Crippen LogP contribution in [0.4, 0.5) is 8.78 Å². The summed E-state index contributed by atoms with van der Waals surface area (Å²) in [5, 5.41) is 12.2. The summed E-state index contributed by atoms with van der Waals surface area (Å²) in [5.41, 5.74) is 1.10. The molecule has 1 saturated heterocycles. The van der Waals surface area contributed by atoms with E-state index < -0.39 is 17.7 Å². The topological polar surface area (TPSA) is 94.1 Å². The Labute approximate surface area is 188 Å². The molecule has 3 aliphatic rings. The molecule has 5 rings (SSSR count). The van der Waals surface area contributed by atoms with E-state index in [4.69, 9.17) is 9.84 Å². The highest BCUT2D eigenvalue weighted by Crippen LogP contribution is 2.52. The van der Waals surface area contributed by atoms with Crippen LogP contribution in [0.2, 0.25) is 0 Å². The number of carboxylic acids is 1. The first-order valence-corrected chi connectivity index (χ1v) is 10.9. The van der Waals surface area contributed by atoms with Crippen molar-refractivity contribution in [2.75, 3.05) is 6.61 Å². The number of benzene rings is 2. The van der Waals surface area contributed by atoms with Gasteiger partial charge in [0.1, 0.15) is 0 Å². The van der Waals surface area contributed by atoms with Crippen LogP contribution in [0, 0.1) is 0 Å². The van der Waals surface area contributed by atoms with E-state index in [0.29, 0.717) is 44.3 Å². The molecule has 174 valence electrons. The van der Waals surface area contributed by atoms with Gasteiger partial charge in [-0.2, -0.15) is 0 Å². The molecule has 2 atom stereocenters. The minimum atomic E-state index is -3.69. The maximum atomic E-state index is 13.3. The fourth-order valence-corrected chi connectivity index (χ4v) is 4.54. The van der Waals surface area contributed by atoms with Crippen molar-refractivity contribution in [2.24, 2.45) is 0 Å². The second kappa shape index (κ2) is 7.98. The number of aromatic carboxylic acids is 1. The summed E-state index contributed by atoms with van der Waals surface area (Å²) in [6.07, 6.45) is -0.574. The Bertz CT molecular complexity index is 1080. The Morgan fingerprint density at radius 3 is 2.48 bits per heavy atom. The van der Waals surface area contributed by atoms with E-state index in [9.17, 15) is 18.4 Å². The molecule has 33 heavy (non-hydrogen) atoms. The van der Waals surface area contributed by atoms with Gasteiger partial charge < -0.3 is 24.6 Å². The Morgan fingerprint density at radius 2 is 1.79 bits per heavy atom. The quantitative estimate of drug-likeness (QED) is 0.685. The molecule has 0 radical (unpaired) electrons. The molecule has 2 heterocycles. The maximum absolute atomic E-state index is 13.3. The molecule has 0 bridgehead atoms. The first kappa shape index (κ1) is 21.6. The van der Waals surface area contributed by atoms with E-state index in [1.54, 1.807) is 30.3 Å². The largest absolute Gasteiger partial charge is 0.586 e. The zero-order valence-corrected chi connectivity index (χ0v) is 17.7. The van der Waals surface area contributed by atoms with Crippen molar-refractivity contribution < 1.29 is 37.7 Å². The number of carbonyl (C=O) groups is 2. The van der Waals surface area contributed by atoms with Crippen LogP contribution in [0.5, 0.6) is 11.5 Å². The molecule has 0 unspecified atom stereocenters. The number of carboxylic acid groups (broad SMARTS) is 1. The Kier molecular flexibility index (Phi) is 5.23. The Hall–Kier alpha value is -3.20. The fraction of sp³-hybridized carbons (Fsp3) is 0.417. The zero-order valence-electron chi connectivity index (χ0n) is 17.7. The van der Waals surface area contributed by atoms with Crippen LogP contribution in [0.25, 0.3) is 0 Å². The second-order valence-electron chi connectivity index (χ2n) is 8.80. The van der Waals surface area contributed by atoms with Crippen LogP contribution in [0.15, 0.2) is 42.5 Å². The summed E-state index contributed by atoms with van der Waals surface area (Å²) in [6.45, 7) is 0.509. The minimum Gasteiger partial charge on any atom is -0.478 e. The van der Waals surface area contributed by atoms with Gasteiger partial charge in [0, 0.05) is 12.6 Å². The van der Waals surface area contributed by atoms with Gasteiger partial charge in [0.05, 0.1) is 17.1 Å². The molecular formula is C24H23F2NO6. The number of alkyl halides is 2. The molecule has 2 N–H and O–H groups in total. The molecule has 1 saturated carbocycles. The van der Waals surface area contributed by atoms with Crippen molar-refractivity contribution in [3.05, 3.63) is 59.2 Å². The van der Waals surface area contributed by atoms with Gasteiger partial charge in [-0.25, -0.2) is 4.79 Å². The van der Waals surface area contributed by atoms with Gasteiger partial charge in [0.2, 0.25) is 5.91 Å². The van der Waals surface area contributed by atoms with E-state index in [2.05, 4.69) is 14.8 Å². The molecule has 2 fully saturated rings. The lowest BCUT2D eigenvalue weighted by molar-refractivity contribution is -0.286. The summed E-state index contributed by atoms with van der Waals surface area (Å²) < 4.78 is 41.5. The first-order chi connectivity index (χ1) is 15.7. The Morgan fingerprint density at radius 1 is 1.06 bits per heavy atom. The number of halogens is 2.